The van der Waals surface area contributed by atoms with E-state index >= 15 is 0 Å². The number of nitrogens with zero attached hydrogens (tertiary/aromatic N) is 9. The molecule has 12 heteroatoms. The van der Waals surface area contributed by atoms with Crippen molar-refractivity contribution >= 4 is 0 Å². The monoisotopic (exact) mass is 473 g/mol. The van der Waals surface area contributed by atoms with Crippen LogP contribution in [0.5, 0.6) is 0 Å². The first-order chi connectivity index (χ1) is 17.1. The maximum absolute atomic E-state index is 13.7. The third-order valence-corrected chi connectivity index (χ3v) is 6.11. The number of benzene rings is 1. The minimum atomic E-state index is -0.571. The molecule has 5 rings (SSSR count). The van der Waals surface area contributed by atoms with Gasteiger partial charge in [0.1, 0.15) is 0 Å². The number of dihydropyridines is 1. The van der Waals surface area contributed by atoms with Crippen molar-refractivity contribution in [3.05, 3.63) is 76.8 Å². The predicted octanol–water partition coefficient (Wildman–Crippen LogP) is 1.74. The minimum Gasteiger partial charge on any atom is -0.368 e. The molecule has 1 aliphatic rings. The topological polar surface area (TPSA) is 137 Å². The normalized spacial score (nSPS) is 14.3. The molecule has 0 radical (unpaired) electrons. The standard InChI is InChI=1S/C23H27N11O/c1-3-6-19-15-32(21-27-30-31-34(21)13-4-2)22(35)33(19)16-23(9-11-24-12-10-23)18-8-5-7-17(14-18)20-25-28-29-26-20/h5,7-12,14-15,24H,3-4,6,13,16H2,1-2H3,(H,25,26,28,29). The molecule has 0 amide bonds. The summed E-state index contributed by atoms with van der Waals surface area (Å²) in [5.41, 5.74) is 2.03. The summed E-state index contributed by atoms with van der Waals surface area (Å²) in [5.74, 6) is 0.944. The van der Waals surface area contributed by atoms with Crippen molar-refractivity contribution in [1.82, 2.24) is 55.3 Å². The van der Waals surface area contributed by atoms with Gasteiger partial charge in [-0.25, -0.2) is 14.0 Å². The second kappa shape index (κ2) is 9.49. The summed E-state index contributed by atoms with van der Waals surface area (Å²) in [6.45, 7) is 5.19. The van der Waals surface area contributed by atoms with Crippen molar-refractivity contribution < 1.29 is 0 Å². The fraction of sp³-hybridized carbons (Fsp3) is 0.348. The molecule has 0 bridgehead atoms. The zero-order valence-corrected chi connectivity index (χ0v) is 19.7. The first-order valence-corrected chi connectivity index (χ1v) is 11.7. The number of imidazole rings is 1. The number of aromatic amines is 1. The van der Waals surface area contributed by atoms with Gasteiger partial charge in [0.2, 0.25) is 5.82 Å². The number of hydrogen-bond acceptors (Lipinski definition) is 8. The van der Waals surface area contributed by atoms with Crippen molar-refractivity contribution in [2.45, 2.75) is 51.6 Å². The highest BCUT2D eigenvalue weighted by atomic mass is 16.2. The molecule has 4 heterocycles. The number of nitrogens with one attached hydrogen (secondary N) is 2. The lowest BCUT2D eigenvalue weighted by atomic mass is 9.78. The van der Waals surface area contributed by atoms with E-state index in [1.54, 1.807) is 9.25 Å². The maximum Gasteiger partial charge on any atom is 0.335 e. The number of tetrazole rings is 2. The summed E-state index contributed by atoms with van der Waals surface area (Å²) in [6, 6.07) is 7.99. The third kappa shape index (κ3) is 4.18. The molecule has 0 saturated heterocycles. The van der Waals surface area contributed by atoms with Crippen LogP contribution in [-0.2, 0) is 24.9 Å². The summed E-state index contributed by atoms with van der Waals surface area (Å²) in [6.07, 6.45) is 12.3. The van der Waals surface area contributed by atoms with Gasteiger partial charge >= 0.3 is 5.69 Å². The molecular weight excluding hydrogens is 446 g/mol. The van der Waals surface area contributed by atoms with Crippen LogP contribution in [0.2, 0.25) is 0 Å². The molecular formula is C23H27N11O. The lowest BCUT2D eigenvalue weighted by molar-refractivity contribution is 0.495. The van der Waals surface area contributed by atoms with Crippen LogP contribution in [0.1, 0.15) is 37.9 Å². The molecule has 0 aliphatic carbocycles. The highest BCUT2D eigenvalue weighted by Gasteiger charge is 2.32. The van der Waals surface area contributed by atoms with Gasteiger partial charge in [0.05, 0.1) is 5.41 Å². The van der Waals surface area contributed by atoms with Crippen LogP contribution in [0.15, 0.2) is 59.8 Å². The summed E-state index contributed by atoms with van der Waals surface area (Å²) < 4.78 is 5.05. The Labute approximate surface area is 201 Å². The van der Waals surface area contributed by atoms with Gasteiger partial charge in [-0.2, -0.15) is 5.21 Å². The summed E-state index contributed by atoms with van der Waals surface area (Å²) in [7, 11) is 0. The van der Waals surface area contributed by atoms with Crippen molar-refractivity contribution in [3.8, 4) is 17.3 Å². The zero-order chi connectivity index (χ0) is 24.3. The molecule has 0 atom stereocenters. The first-order valence-electron chi connectivity index (χ1n) is 11.7. The average molecular weight is 474 g/mol. The Balaban J connectivity index is 1.61. The van der Waals surface area contributed by atoms with Crippen LogP contribution in [0.3, 0.4) is 0 Å². The molecule has 12 nitrogen and oxygen atoms in total. The Bertz CT molecular complexity index is 1400. The summed E-state index contributed by atoms with van der Waals surface area (Å²) in [5, 5.41) is 29.5. The lowest BCUT2D eigenvalue weighted by Gasteiger charge is -2.31. The van der Waals surface area contributed by atoms with Crippen LogP contribution in [0.25, 0.3) is 17.3 Å². The van der Waals surface area contributed by atoms with Gasteiger partial charge in [-0.05, 0) is 52.5 Å². The Hall–Kier alpha value is -4.35. The lowest BCUT2D eigenvalue weighted by Crippen LogP contribution is -2.36. The Morgan fingerprint density at radius 2 is 1.94 bits per heavy atom. The van der Waals surface area contributed by atoms with Crippen LogP contribution < -0.4 is 11.0 Å². The van der Waals surface area contributed by atoms with Gasteiger partial charge in [0, 0.05) is 30.5 Å². The Morgan fingerprint density at radius 3 is 2.69 bits per heavy atom. The van der Waals surface area contributed by atoms with E-state index in [-0.39, 0.29) is 5.69 Å². The van der Waals surface area contributed by atoms with E-state index in [1.807, 2.05) is 54.4 Å². The fourth-order valence-electron chi connectivity index (χ4n) is 4.41. The molecule has 0 saturated carbocycles. The molecule has 35 heavy (non-hydrogen) atoms. The van der Waals surface area contributed by atoms with Crippen molar-refractivity contribution in [2.24, 2.45) is 0 Å². The van der Waals surface area contributed by atoms with Crippen LogP contribution in [0, 0.1) is 0 Å². The number of rotatable bonds is 9. The summed E-state index contributed by atoms with van der Waals surface area (Å²) >= 11 is 0. The molecule has 180 valence electrons. The van der Waals surface area contributed by atoms with Gasteiger partial charge in [0.15, 0.2) is 0 Å². The van der Waals surface area contributed by atoms with Gasteiger partial charge in [-0.15, -0.1) is 10.2 Å². The largest absolute Gasteiger partial charge is 0.368 e. The average Bonchev–Trinajstić information content (AvgIpc) is 3.63. The highest BCUT2D eigenvalue weighted by Crippen LogP contribution is 2.33. The van der Waals surface area contributed by atoms with Crippen molar-refractivity contribution in [3.63, 3.8) is 0 Å². The van der Waals surface area contributed by atoms with Crippen LogP contribution in [-0.4, -0.2) is 50.0 Å². The van der Waals surface area contributed by atoms with Gasteiger partial charge in [0.25, 0.3) is 5.95 Å². The van der Waals surface area contributed by atoms with E-state index in [0.717, 1.165) is 36.1 Å². The minimum absolute atomic E-state index is 0.172. The van der Waals surface area contributed by atoms with E-state index in [0.29, 0.717) is 24.9 Å². The number of hydrogen-bond donors (Lipinski definition) is 2. The molecule has 2 N–H and O–H groups in total. The number of aryl methyl sites for hydroxylation is 2. The second-order valence-corrected chi connectivity index (χ2v) is 8.50. The van der Waals surface area contributed by atoms with E-state index in [9.17, 15) is 4.79 Å². The molecule has 4 aromatic rings. The second-order valence-electron chi connectivity index (χ2n) is 8.50. The molecule has 0 fully saturated rings. The van der Waals surface area contributed by atoms with Crippen molar-refractivity contribution in [1.29, 1.82) is 0 Å². The smallest absolute Gasteiger partial charge is 0.335 e. The van der Waals surface area contributed by atoms with E-state index in [2.05, 4.69) is 60.5 Å². The molecule has 1 aliphatic heterocycles. The predicted molar refractivity (Wildman–Crippen MR) is 128 cm³/mol. The van der Waals surface area contributed by atoms with Gasteiger partial charge < -0.3 is 5.32 Å². The Morgan fingerprint density at radius 1 is 1.09 bits per heavy atom. The molecule has 1 aromatic carbocycles. The highest BCUT2D eigenvalue weighted by molar-refractivity contribution is 5.57. The number of aromatic nitrogens is 10. The van der Waals surface area contributed by atoms with E-state index in [4.69, 9.17) is 0 Å². The molecule has 3 aromatic heterocycles. The Kier molecular flexibility index (Phi) is 6.08. The van der Waals surface area contributed by atoms with Gasteiger partial charge in [-0.3, -0.25) is 4.57 Å². The SMILES string of the molecule is CCCc1cn(-c2nnnn2CCC)c(=O)n1CC1(c2cccc(-c3nn[nH]n3)c2)C=CNC=C1. The van der Waals surface area contributed by atoms with Gasteiger partial charge in [-0.1, -0.05) is 55.7 Å². The third-order valence-electron chi connectivity index (χ3n) is 6.11. The van der Waals surface area contributed by atoms with Crippen LogP contribution >= 0.6 is 0 Å². The van der Waals surface area contributed by atoms with Crippen molar-refractivity contribution in [2.75, 3.05) is 0 Å². The maximum atomic E-state index is 13.7. The van der Waals surface area contributed by atoms with E-state index < -0.39 is 5.41 Å². The first kappa shape index (κ1) is 22.4. The molecule has 0 spiro atoms. The molecule has 0 unspecified atom stereocenters. The van der Waals surface area contributed by atoms with E-state index in [1.165, 1.54) is 0 Å². The quantitative estimate of drug-likeness (QED) is 0.375. The fourth-order valence-corrected chi connectivity index (χ4v) is 4.41. The zero-order valence-electron chi connectivity index (χ0n) is 19.7. The van der Waals surface area contributed by atoms with Crippen LogP contribution in [0.4, 0.5) is 0 Å². The number of H-pyrrole nitrogens is 1. The number of allylic oxidation sites excluding steroid dienone is 2. The summed E-state index contributed by atoms with van der Waals surface area (Å²) in [4.78, 5) is 13.7.